The number of hydrogen-bond acceptors (Lipinski definition) is 2. The maximum absolute atomic E-state index is 14.2. The van der Waals surface area contributed by atoms with Crippen LogP contribution in [0.15, 0.2) is 40.9 Å². The Morgan fingerprint density at radius 1 is 1.24 bits per heavy atom. The molecule has 0 saturated heterocycles. The van der Waals surface area contributed by atoms with E-state index in [2.05, 4.69) is 21.2 Å². The summed E-state index contributed by atoms with van der Waals surface area (Å²) >= 11 is 3.43. The van der Waals surface area contributed by atoms with E-state index in [-0.39, 0.29) is 17.6 Å². The summed E-state index contributed by atoms with van der Waals surface area (Å²) in [6.07, 6.45) is 0. The van der Waals surface area contributed by atoms with Crippen molar-refractivity contribution in [2.75, 3.05) is 6.54 Å². The molecule has 1 atom stereocenters. The van der Waals surface area contributed by atoms with Crippen LogP contribution in [0.4, 0.5) is 4.39 Å². The predicted octanol–water partition coefficient (Wildman–Crippen LogP) is 5.36. The lowest BCUT2D eigenvalue weighted by Gasteiger charge is -2.14. The molecule has 2 nitrogen and oxygen atoms in total. The lowest BCUT2D eigenvalue weighted by atomic mass is 10.1. The molecule has 0 aliphatic heterocycles. The van der Waals surface area contributed by atoms with Crippen molar-refractivity contribution in [1.82, 2.24) is 5.32 Å². The van der Waals surface area contributed by atoms with Crippen LogP contribution in [0.2, 0.25) is 0 Å². The van der Waals surface area contributed by atoms with E-state index in [1.165, 1.54) is 6.07 Å². The van der Waals surface area contributed by atoms with Gasteiger partial charge in [0.25, 0.3) is 0 Å². The Kier molecular flexibility index (Phi) is 5.37. The largest absolute Gasteiger partial charge is 0.454 e. The fourth-order valence-corrected chi connectivity index (χ4v) is 2.35. The van der Waals surface area contributed by atoms with Crippen LogP contribution in [0, 0.1) is 12.7 Å². The quantitative estimate of drug-likeness (QED) is 0.782. The first-order chi connectivity index (χ1) is 10.0. The average molecular weight is 352 g/mol. The van der Waals surface area contributed by atoms with Gasteiger partial charge >= 0.3 is 0 Å². The van der Waals surface area contributed by atoms with Gasteiger partial charge in [-0.05, 0) is 61.9 Å². The third-order valence-corrected chi connectivity index (χ3v) is 4.21. The van der Waals surface area contributed by atoms with Gasteiger partial charge in [-0.2, -0.15) is 0 Å². The molecule has 0 fully saturated rings. The first-order valence-corrected chi connectivity index (χ1v) is 7.77. The van der Waals surface area contributed by atoms with Crippen LogP contribution in [0.3, 0.4) is 0 Å². The lowest BCUT2D eigenvalue weighted by molar-refractivity contribution is 0.440. The molecule has 0 aliphatic carbocycles. The Morgan fingerprint density at radius 3 is 2.62 bits per heavy atom. The van der Waals surface area contributed by atoms with E-state index in [9.17, 15) is 4.39 Å². The SMILES string of the molecule is CCNC(C)c1ccc(Oc2ccc(Br)c(C)c2)c(F)c1. The van der Waals surface area contributed by atoms with Crippen LogP contribution in [0.5, 0.6) is 11.5 Å². The normalized spacial score (nSPS) is 12.2. The van der Waals surface area contributed by atoms with E-state index in [0.717, 1.165) is 22.1 Å². The zero-order valence-corrected chi connectivity index (χ0v) is 14.0. The van der Waals surface area contributed by atoms with Crippen molar-refractivity contribution in [3.63, 3.8) is 0 Å². The maximum Gasteiger partial charge on any atom is 0.166 e. The topological polar surface area (TPSA) is 21.3 Å². The zero-order valence-electron chi connectivity index (χ0n) is 12.4. The number of aryl methyl sites for hydroxylation is 1. The summed E-state index contributed by atoms with van der Waals surface area (Å²) in [6.45, 7) is 6.85. The summed E-state index contributed by atoms with van der Waals surface area (Å²) in [5, 5.41) is 3.26. The molecule has 21 heavy (non-hydrogen) atoms. The van der Waals surface area contributed by atoms with Crippen LogP contribution < -0.4 is 10.1 Å². The fourth-order valence-electron chi connectivity index (χ4n) is 2.10. The Labute approximate surface area is 133 Å². The van der Waals surface area contributed by atoms with E-state index in [1.807, 2.05) is 45.0 Å². The van der Waals surface area contributed by atoms with Crippen molar-refractivity contribution >= 4 is 15.9 Å². The second kappa shape index (κ2) is 7.05. The van der Waals surface area contributed by atoms with Gasteiger partial charge in [0.2, 0.25) is 0 Å². The van der Waals surface area contributed by atoms with E-state index in [1.54, 1.807) is 6.07 Å². The molecule has 2 rings (SSSR count). The number of benzene rings is 2. The van der Waals surface area contributed by atoms with Gasteiger partial charge in [-0.15, -0.1) is 0 Å². The summed E-state index contributed by atoms with van der Waals surface area (Å²) in [7, 11) is 0. The summed E-state index contributed by atoms with van der Waals surface area (Å²) < 4.78 is 20.8. The molecule has 0 aliphatic rings. The Hall–Kier alpha value is -1.39. The summed E-state index contributed by atoms with van der Waals surface area (Å²) in [4.78, 5) is 0. The monoisotopic (exact) mass is 351 g/mol. The highest BCUT2D eigenvalue weighted by Crippen LogP contribution is 2.29. The molecule has 0 bridgehead atoms. The molecular formula is C17H19BrFNO. The van der Waals surface area contributed by atoms with Crippen molar-refractivity contribution < 1.29 is 9.13 Å². The number of ether oxygens (including phenoxy) is 1. The molecule has 0 aromatic heterocycles. The van der Waals surface area contributed by atoms with Crippen LogP contribution >= 0.6 is 15.9 Å². The summed E-state index contributed by atoms with van der Waals surface area (Å²) in [6, 6.07) is 10.8. The first kappa shape index (κ1) is 16.0. The van der Waals surface area contributed by atoms with E-state index >= 15 is 0 Å². The minimum absolute atomic E-state index is 0.119. The molecule has 0 amide bonds. The number of rotatable bonds is 5. The van der Waals surface area contributed by atoms with Gasteiger partial charge in [0.05, 0.1) is 0 Å². The summed E-state index contributed by atoms with van der Waals surface area (Å²) in [5.41, 5.74) is 1.96. The van der Waals surface area contributed by atoms with Crippen LogP contribution in [-0.2, 0) is 0 Å². The zero-order chi connectivity index (χ0) is 15.4. The molecule has 0 heterocycles. The van der Waals surface area contributed by atoms with E-state index < -0.39 is 0 Å². The highest BCUT2D eigenvalue weighted by molar-refractivity contribution is 9.10. The standard InChI is InChI=1S/C17H19BrFNO/c1-4-20-12(3)13-5-8-17(16(19)10-13)21-14-6-7-15(18)11(2)9-14/h5-10,12,20H,4H2,1-3H3. The maximum atomic E-state index is 14.2. The number of halogens is 2. The van der Waals surface area contributed by atoms with Crippen molar-refractivity contribution in [1.29, 1.82) is 0 Å². The lowest BCUT2D eigenvalue weighted by Crippen LogP contribution is -2.17. The molecule has 0 radical (unpaired) electrons. The molecule has 2 aromatic rings. The molecule has 4 heteroatoms. The number of nitrogens with one attached hydrogen (secondary N) is 1. The minimum atomic E-state index is -0.349. The smallest absolute Gasteiger partial charge is 0.166 e. The fraction of sp³-hybridized carbons (Fsp3) is 0.294. The van der Waals surface area contributed by atoms with Gasteiger partial charge in [0.1, 0.15) is 5.75 Å². The molecule has 0 saturated carbocycles. The summed E-state index contributed by atoms with van der Waals surface area (Å²) in [5.74, 6) is 0.518. The minimum Gasteiger partial charge on any atom is -0.454 e. The highest BCUT2D eigenvalue weighted by atomic mass is 79.9. The van der Waals surface area contributed by atoms with Gasteiger partial charge in [0, 0.05) is 10.5 Å². The van der Waals surface area contributed by atoms with Crippen molar-refractivity contribution in [3.05, 3.63) is 57.8 Å². The van der Waals surface area contributed by atoms with Crippen molar-refractivity contribution in [3.8, 4) is 11.5 Å². The molecule has 1 unspecified atom stereocenters. The molecule has 1 N–H and O–H groups in total. The van der Waals surface area contributed by atoms with Crippen molar-refractivity contribution in [2.45, 2.75) is 26.8 Å². The van der Waals surface area contributed by atoms with Crippen LogP contribution in [0.1, 0.15) is 31.0 Å². The highest BCUT2D eigenvalue weighted by Gasteiger charge is 2.10. The second-order valence-electron chi connectivity index (χ2n) is 4.98. The van der Waals surface area contributed by atoms with Gasteiger partial charge < -0.3 is 10.1 Å². The predicted molar refractivity (Wildman–Crippen MR) is 87.4 cm³/mol. The van der Waals surface area contributed by atoms with Gasteiger partial charge in [-0.3, -0.25) is 0 Å². The third-order valence-electron chi connectivity index (χ3n) is 3.32. The number of hydrogen-bond donors (Lipinski definition) is 1. The van der Waals surface area contributed by atoms with Gasteiger partial charge in [-0.1, -0.05) is 28.9 Å². The Morgan fingerprint density at radius 2 is 2.00 bits per heavy atom. The van der Waals surface area contributed by atoms with Crippen LogP contribution in [0.25, 0.3) is 0 Å². The molecular weight excluding hydrogens is 333 g/mol. The van der Waals surface area contributed by atoms with E-state index in [4.69, 9.17) is 4.74 Å². The Balaban J connectivity index is 2.19. The Bertz CT molecular complexity index is 630. The van der Waals surface area contributed by atoms with Crippen LogP contribution in [-0.4, -0.2) is 6.54 Å². The molecule has 112 valence electrons. The van der Waals surface area contributed by atoms with Gasteiger partial charge in [0.15, 0.2) is 11.6 Å². The second-order valence-corrected chi connectivity index (χ2v) is 5.84. The average Bonchev–Trinajstić information content (AvgIpc) is 2.45. The molecule has 2 aromatic carbocycles. The van der Waals surface area contributed by atoms with Crippen molar-refractivity contribution in [2.24, 2.45) is 0 Å². The first-order valence-electron chi connectivity index (χ1n) is 6.98. The molecule has 0 spiro atoms. The third kappa shape index (κ3) is 4.05. The van der Waals surface area contributed by atoms with E-state index in [0.29, 0.717) is 5.75 Å². The van der Waals surface area contributed by atoms with Gasteiger partial charge in [-0.25, -0.2) is 4.39 Å².